The molecule has 0 spiro atoms. The van der Waals surface area contributed by atoms with E-state index in [1.165, 1.54) is 0 Å². The summed E-state index contributed by atoms with van der Waals surface area (Å²) in [7, 11) is 0. The molecule has 0 aliphatic rings. The van der Waals surface area contributed by atoms with Crippen molar-refractivity contribution in [3.05, 3.63) is 57.0 Å². The maximum atomic E-state index is 12.4. The van der Waals surface area contributed by atoms with E-state index in [-0.39, 0.29) is 12.7 Å². The molecule has 0 bridgehead atoms. The summed E-state index contributed by atoms with van der Waals surface area (Å²) in [6, 6.07) is 10.2. The van der Waals surface area contributed by atoms with Gasteiger partial charge in [0.05, 0.1) is 11.7 Å². The van der Waals surface area contributed by atoms with E-state index in [1.54, 1.807) is 36.4 Å². The van der Waals surface area contributed by atoms with E-state index in [9.17, 15) is 9.59 Å². The zero-order valence-electron chi connectivity index (χ0n) is 15.1. The molecule has 8 heteroatoms. The second-order valence-electron chi connectivity index (χ2n) is 6.01. The van der Waals surface area contributed by atoms with E-state index < -0.39 is 11.8 Å². The van der Waals surface area contributed by atoms with Gasteiger partial charge in [-0.15, -0.1) is 0 Å². The number of carbonyl (C=O) groups is 2. The molecule has 0 aliphatic heterocycles. The standard InChI is InChI=1S/C19H20BrClN2O4/c1-11(2)27-17-7-4-13(20)9-15(17)19(25)23-22-18(24)10-26-14-5-6-16(21)12(3)8-14/h4-9,11H,10H2,1-3H3,(H,22,24)(H,23,25). The lowest BCUT2D eigenvalue weighted by Crippen LogP contribution is -2.44. The number of nitrogens with one attached hydrogen (secondary N) is 2. The summed E-state index contributed by atoms with van der Waals surface area (Å²) < 4.78 is 11.7. The van der Waals surface area contributed by atoms with Gasteiger partial charge < -0.3 is 9.47 Å². The Hall–Kier alpha value is -2.25. The van der Waals surface area contributed by atoms with Crippen LogP contribution in [0.3, 0.4) is 0 Å². The number of rotatable bonds is 6. The molecule has 144 valence electrons. The molecule has 0 radical (unpaired) electrons. The number of aryl methyl sites for hydroxylation is 1. The summed E-state index contributed by atoms with van der Waals surface area (Å²) in [5, 5.41) is 0.618. The quantitative estimate of drug-likeness (QED) is 0.645. The largest absolute Gasteiger partial charge is 0.490 e. The molecule has 27 heavy (non-hydrogen) atoms. The highest BCUT2D eigenvalue weighted by Crippen LogP contribution is 2.24. The predicted octanol–water partition coefficient (Wildman–Crippen LogP) is 4.04. The zero-order chi connectivity index (χ0) is 20.0. The van der Waals surface area contributed by atoms with Gasteiger partial charge in [0, 0.05) is 9.50 Å². The maximum Gasteiger partial charge on any atom is 0.276 e. The summed E-state index contributed by atoms with van der Waals surface area (Å²) in [5.74, 6) is -0.0641. The smallest absolute Gasteiger partial charge is 0.276 e. The fraction of sp³-hybridized carbons (Fsp3) is 0.263. The second kappa shape index (κ2) is 9.62. The number of benzene rings is 2. The lowest BCUT2D eigenvalue weighted by Gasteiger charge is -2.15. The van der Waals surface area contributed by atoms with Crippen molar-refractivity contribution in [1.82, 2.24) is 10.9 Å². The topological polar surface area (TPSA) is 76.7 Å². The number of amides is 2. The number of carbonyl (C=O) groups excluding carboxylic acids is 2. The van der Waals surface area contributed by atoms with Gasteiger partial charge in [-0.05, 0) is 62.7 Å². The molecule has 0 saturated carbocycles. The minimum absolute atomic E-state index is 0.0939. The lowest BCUT2D eigenvalue weighted by molar-refractivity contribution is -0.123. The van der Waals surface area contributed by atoms with Crippen molar-refractivity contribution in [1.29, 1.82) is 0 Å². The first-order valence-electron chi connectivity index (χ1n) is 8.20. The van der Waals surface area contributed by atoms with Crippen LogP contribution >= 0.6 is 27.5 Å². The van der Waals surface area contributed by atoms with Gasteiger partial charge in [0.2, 0.25) is 0 Å². The average Bonchev–Trinajstić information content (AvgIpc) is 2.61. The minimum Gasteiger partial charge on any atom is -0.490 e. The first-order chi connectivity index (χ1) is 12.8. The second-order valence-corrected chi connectivity index (χ2v) is 7.33. The monoisotopic (exact) mass is 454 g/mol. The minimum atomic E-state index is -0.503. The molecule has 2 rings (SSSR count). The Balaban J connectivity index is 1.92. The highest BCUT2D eigenvalue weighted by molar-refractivity contribution is 9.10. The van der Waals surface area contributed by atoms with E-state index in [1.807, 2.05) is 20.8 Å². The first kappa shape index (κ1) is 21.1. The van der Waals surface area contributed by atoms with Crippen molar-refractivity contribution in [2.45, 2.75) is 26.9 Å². The van der Waals surface area contributed by atoms with Crippen LogP contribution in [0, 0.1) is 6.92 Å². The molecule has 2 N–H and O–H groups in total. The van der Waals surface area contributed by atoms with Crippen LogP contribution in [0.2, 0.25) is 5.02 Å². The van der Waals surface area contributed by atoms with E-state index >= 15 is 0 Å². The summed E-state index contributed by atoms with van der Waals surface area (Å²) in [5.41, 5.74) is 5.81. The van der Waals surface area contributed by atoms with Gasteiger partial charge >= 0.3 is 0 Å². The Bertz CT molecular complexity index is 842. The number of hydrogen-bond acceptors (Lipinski definition) is 4. The van der Waals surface area contributed by atoms with Gasteiger partial charge in [0.25, 0.3) is 11.8 Å². The molecule has 2 aromatic rings. The third kappa shape index (κ3) is 6.45. The van der Waals surface area contributed by atoms with E-state index in [2.05, 4.69) is 26.8 Å². The number of hydrazine groups is 1. The van der Waals surface area contributed by atoms with Gasteiger partial charge in [-0.25, -0.2) is 0 Å². The molecule has 0 unspecified atom stereocenters. The van der Waals surface area contributed by atoms with Gasteiger partial charge in [-0.3, -0.25) is 20.4 Å². The Kier molecular flexibility index (Phi) is 7.50. The van der Waals surface area contributed by atoms with Crippen molar-refractivity contribution in [2.24, 2.45) is 0 Å². The predicted molar refractivity (Wildman–Crippen MR) is 107 cm³/mol. The SMILES string of the molecule is Cc1cc(OCC(=O)NNC(=O)c2cc(Br)ccc2OC(C)C)ccc1Cl. The molecular formula is C19H20BrClN2O4. The van der Waals surface area contributed by atoms with Crippen LogP contribution in [0.1, 0.15) is 29.8 Å². The molecule has 0 heterocycles. The lowest BCUT2D eigenvalue weighted by atomic mass is 10.2. The van der Waals surface area contributed by atoms with Crippen LogP contribution in [-0.2, 0) is 4.79 Å². The Morgan fingerprint density at radius 2 is 1.89 bits per heavy atom. The van der Waals surface area contributed by atoms with Crippen LogP contribution in [0.5, 0.6) is 11.5 Å². The van der Waals surface area contributed by atoms with Gasteiger partial charge in [0.15, 0.2) is 6.61 Å². The Labute approximate surface area is 171 Å². The van der Waals surface area contributed by atoms with Gasteiger partial charge in [-0.2, -0.15) is 0 Å². The Morgan fingerprint density at radius 1 is 1.15 bits per heavy atom. The van der Waals surface area contributed by atoms with E-state index in [0.29, 0.717) is 22.1 Å². The van der Waals surface area contributed by atoms with Crippen molar-refractivity contribution < 1.29 is 19.1 Å². The summed E-state index contributed by atoms with van der Waals surface area (Å²) in [6.45, 7) is 5.31. The average molecular weight is 456 g/mol. The van der Waals surface area contributed by atoms with Crippen LogP contribution in [-0.4, -0.2) is 24.5 Å². The molecule has 0 aromatic heterocycles. The van der Waals surface area contributed by atoms with Crippen molar-refractivity contribution in [2.75, 3.05) is 6.61 Å². The maximum absolute atomic E-state index is 12.4. The fourth-order valence-electron chi connectivity index (χ4n) is 2.12. The number of ether oxygens (including phenoxy) is 2. The third-order valence-electron chi connectivity index (χ3n) is 3.36. The van der Waals surface area contributed by atoms with E-state index in [0.717, 1.165) is 10.0 Å². The molecule has 0 saturated heterocycles. The molecule has 2 amide bonds. The fourth-order valence-corrected chi connectivity index (χ4v) is 2.60. The van der Waals surface area contributed by atoms with Crippen LogP contribution < -0.4 is 20.3 Å². The number of hydrogen-bond donors (Lipinski definition) is 2. The van der Waals surface area contributed by atoms with Gasteiger partial charge in [0.1, 0.15) is 11.5 Å². The van der Waals surface area contributed by atoms with Crippen molar-refractivity contribution >= 4 is 39.3 Å². The van der Waals surface area contributed by atoms with Gasteiger partial charge in [-0.1, -0.05) is 27.5 Å². The zero-order valence-corrected chi connectivity index (χ0v) is 17.5. The Morgan fingerprint density at radius 3 is 2.56 bits per heavy atom. The van der Waals surface area contributed by atoms with Crippen molar-refractivity contribution in [3.8, 4) is 11.5 Å². The summed E-state index contributed by atoms with van der Waals surface area (Å²) in [6.07, 6.45) is -0.0939. The number of halogens is 2. The summed E-state index contributed by atoms with van der Waals surface area (Å²) >= 11 is 9.27. The molecule has 0 atom stereocenters. The highest BCUT2D eigenvalue weighted by atomic mass is 79.9. The normalized spacial score (nSPS) is 10.4. The molecular weight excluding hydrogens is 436 g/mol. The van der Waals surface area contributed by atoms with Crippen LogP contribution in [0.15, 0.2) is 40.9 Å². The molecule has 0 fully saturated rings. The molecule has 2 aromatic carbocycles. The first-order valence-corrected chi connectivity index (χ1v) is 9.37. The molecule has 0 aliphatic carbocycles. The highest BCUT2D eigenvalue weighted by Gasteiger charge is 2.15. The van der Waals surface area contributed by atoms with Crippen LogP contribution in [0.4, 0.5) is 0 Å². The molecule has 6 nitrogen and oxygen atoms in total. The third-order valence-corrected chi connectivity index (χ3v) is 4.28. The van der Waals surface area contributed by atoms with Crippen molar-refractivity contribution in [3.63, 3.8) is 0 Å². The van der Waals surface area contributed by atoms with E-state index in [4.69, 9.17) is 21.1 Å². The summed E-state index contributed by atoms with van der Waals surface area (Å²) in [4.78, 5) is 24.3. The van der Waals surface area contributed by atoms with Crippen LogP contribution in [0.25, 0.3) is 0 Å².